The fraction of sp³-hybridized carbons (Fsp3) is 0.600. The van der Waals surface area contributed by atoms with Crippen molar-refractivity contribution in [3.05, 3.63) is 23.9 Å². The fourth-order valence-corrected chi connectivity index (χ4v) is 2.53. The molecule has 0 N–H and O–H groups in total. The molecule has 0 unspecified atom stereocenters. The van der Waals surface area contributed by atoms with E-state index in [0.29, 0.717) is 18.9 Å². The van der Waals surface area contributed by atoms with E-state index in [1.807, 2.05) is 24.1 Å². The van der Waals surface area contributed by atoms with Crippen LogP contribution in [0.4, 0.5) is 5.82 Å². The van der Waals surface area contributed by atoms with Crippen LogP contribution < -0.4 is 4.90 Å². The summed E-state index contributed by atoms with van der Waals surface area (Å²) in [4.78, 5) is 20.7. The third-order valence-corrected chi connectivity index (χ3v) is 3.41. The molecule has 104 valence electrons. The summed E-state index contributed by atoms with van der Waals surface area (Å²) < 4.78 is 0. The highest BCUT2D eigenvalue weighted by Gasteiger charge is 2.23. The van der Waals surface area contributed by atoms with E-state index in [1.165, 1.54) is 0 Å². The Morgan fingerprint density at radius 1 is 1.42 bits per heavy atom. The van der Waals surface area contributed by atoms with Crippen molar-refractivity contribution >= 4 is 11.7 Å². The summed E-state index contributed by atoms with van der Waals surface area (Å²) in [5, 5.41) is 0. The van der Waals surface area contributed by atoms with Crippen LogP contribution in [-0.4, -0.2) is 35.4 Å². The minimum Gasteiger partial charge on any atom is -0.354 e. The van der Waals surface area contributed by atoms with Gasteiger partial charge in [-0.2, -0.15) is 0 Å². The van der Waals surface area contributed by atoms with Crippen molar-refractivity contribution in [2.24, 2.45) is 5.92 Å². The third kappa shape index (κ3) is 3.25. The molecule has 2 heterocycles. The van der Waals surface area contributed by atoms with Gasteiger partial charge in [-0.15, -0.1) is 0 Å². The Kier molecular flexibility index (Phi) is 4.40. The molecule has 1 amide bonds. The van der Waals surface area contributed by atoms with E-state index < -0.39 is 0 Å². The summed E-state index contributed by atoms with van der Waals surface area (Å²) in [5.41, 5.74) is 1.16. The van der Waals surface area contributed by atoms with Crippen LogP contribution in [0, 0.1) is 5.92 Å². The Labute approximate surface area is 115 Å². The molecule has 0 atom stereocenters. The van der Waals surface area contributed by atoms with E-state index in [0.717, 1.165) is 31.0 Å². The van der Waals surface area contributed by atoms with E-state index in [4.69, 9.17) is 0 Å². The molecule has 1 aliphatic heterocycles. The monoisotopic (exact) mass is 261 g/mol. The number of hydrogen-bond donors (Lipinski definition) is 0. The van der Waals surface area contributed by atoms with E-state index >= 15 is 0 Å². The van der Waals surface area contributed by atoms with Crippen molar-refractivity contribution in [1.29, 1.82) is 0 Å². The Hall–Kier alpha value is -1.58. The number of carbonyl (C=O) groups is 1. The predicted molar refractivity (Wildman–Crippen MR) is 77.0 cm³/mol. The van der Waals surface area contributed by atoms with Gasteiger partial charge in [-0.05, 0) is 12.0 Å². The Morgan fingerprint density at radius 3 is 2.89 bits per heavy atom. The Balaban J connectivity index is 2.26. The summed E-state index contributed by atoms with van der Waals surface area (Å²) in [7, 11) is 0. The van der Waals surface area contributed by atoms with Gasteiger partial charge in [-0.25, -0.2) is 4.98 Å². The van der Waals surface area contributed by atoms with E-state index in [1.54, 1.807) is 0 Å². The van der Waals surface area contributed by atoms with Crippen LogP contribution in [0.2, 0.25) is 0 Å². The zero-order chi connectivity index (χ0) is 13.8. The van der Waals surface area contributed by atoms with Gasteiger partial charge >= 0.3 is 0 Å². The van der Waals surface area contributed by atoms with Crippen molar-refractivity contribution < 1.29 is 4.79 Å². The Bertz CT molecular complexity index is 445. The first-order valence-electron chi connectivity index (χ1n) is 7.08. The molecule has 0 aromatic carbocycles. The summed E-state index contributed by atoms with van der Waals surface area (Å²) in [5.74, 6) is 1.85. The highest BCUT2D eigenvalue weighted by molar-refractivity contribution is 5.76. The number of nitrogens with zero attached hydrogens (tertiary/aromatic N) is 3. The fourth-order valence-electron chi connectivity index (χ4n) is 2.53. The molecule has 4 nitrogen and oxygen atoms in total. The van der Waals surface area contributed by atoms with E-state index in [9.17, 15) is 4.79 Å². The maximum atomic E-state index is 11.9. The van der Waals surface area contributed by atoms with Gasteiger partial charge in [0.15, 0.2) is 0 Å². The molecule has 1 aromatic rings. The largest absolute Gasteiger partial charge is 0.354 e. The Morgan fingerprint density at radius 2 is 2.21 bits per heavy atom. The van der Waals surface area contributed by atoms with E-state index in [2.05, 4.69) is 29.8 Å². The summed E-state index contributed by atoms with van der Waals surface area (Å²) in [6, 6.07) is 4.03. The standard InChI is InChI=1S/C15H23N3O/c1-4-14(19)17-8-9-18(10-12(2)3)15-13(11-17)6-5-7-16-15/h5-7,12H,4,8-11H2,1-3H3. The number of anilines is 1. The first-order valence-corrected chi connectivity index (χ1v) is 7.08. The third-order valence-electron chi connectivity index (χ3n) is 3.41. The molecular formula is C15H23N3O. The molecule has 1 aliphatic rings. The highest BCUT2D eigenvalue weighted by atomic mass is 16.2. The predicted octanol–water partition coefficient (Wildman–Crippen LogP) is 2.30. The van der Waals surface area contributed by atoms with Crippen LogP contribution in [0.15, 0.2) is 18.3 Å². The lowest BCUT2D eigenvalue weighted by Crippen LogP contribution is -2.36. The van der Waals surface area contributed by atoms with Gasteiger partial charge in [0, 0.05) is 44.4 Å². The molecule has 0 aliphatic carbocycles. The highest BCUT2D eigenvalue weighted by Crippen LogP contribution is 2.23. The van der Waals surface area contributed by atoms with Crippen LogP contribution >= 0.6 is 0 Å². The SMILES string of the molecule is CCC(=O)N1CCN(CC(C)C)c2ncccc2C1. The molecular weight excluding hydrogens is 238 g/mol. The number of rotatable bonds is 3. The average Bonchev–Trinajstić information content (AvgIpc) is 2.58. The quantitative estimate of drug-likeness (QED) is 0.837. The van der Waals surface area contributed by atoms with E-state index in [-0.39, 0.29) is 5.91 Å². The molecule has 0 fully saturated rings. The molecule has 19 heavy (non-hydrogen) atoms. The van der Waals surface area contributed by atoms with Crippen molar-refractivity contribution in [1.82, 2.24) is 9.88 Å². The number of hydrogen-bond acceptors (Lipinski definition) is 3. The second-order valence-corrected chi connectivity index (χ2v) is 5.49. The first-order chi connectivity index (χ1) is 9.11. The maximum absolute atomic E-state index is 11.9. The van der Waals surface area contributed by atoms with Crippen LogP contribution in [0.3, 0.4) is 0 Å². The topological polar surface area (TPSA) is 36.4 Å². The van der Waals surface area contributed by atoms with Crippen molar-refractivity contribution in [3.8, 4) is 0 Å². The molecule has 0 saturated heterocycles. The number of amides is 1. The summed E-state index contributed by atoms with van der Waals surface area (Å²) in [6.07, 6.45) is 2.41. The molecule has 0 bridgehead atoms. The number of carbonyl (C=O) groups excluding carboxylic acids is 1. The van der Waals surface area contributed by atoms with Crippen LogP contribution in [0.1, 0.15) is 32.8 Å². The molecule has 0 radical (unpaired) electrons. The van der Waals surface area contributed by atoms with Gasteiger partial charge in [-0.1, -0.05) is 26.8 Å². The van der Waals surface area contributed by atoms with Crippen LogP contribution in [-0.2, 0) is 11.3 Å². The molecule has 4 heteroatoms. The van der Waals surface area contributed by atoms with Crippen molar-refractivity contribution in [2.75, 3.05) is 24.5 Å². The normalized spacial score (nSPS) is 15.4. The molecule has 0 spiro atoms. The van der Waals surface area contributed by atoms with Gasteiger partial charge in [0.1, 0.15) is 5.82 Å². The first kappa shape index (κ1) is 13.8. The van der Waals surface area contributed by atoms with Gasteiger partial charge in [0.05, 0.1) is 0 Å². The maximum Gasteiger partial charge on any atom is 0.222 e. The van der Waals surface area contributed by atoms with Gasteiger partial charge < -0.3 is 9.80 Å². The second kappa shape index (κ2) is 6.04. The summed E-state index contributed by atoms with van der Waals surface area (Å²) in [6.45, 7) is 9.67. The van der Waals surface area contributed by atoms with Gasteiger partial charge in [0.2, 0.25) is 5.91 Å². The molecule has 1 aromatic heterocycles. The number of aromatic nitrogens is 1. The lowest BCUT2D eigenvalue weighted by Gasteiger charge is -2.25. The smallest absolute Gasteiger partial charge is 0.222 e. The van der Waals surface area contributed by atoms with Gasteiger partial charge in [0.25, 0.3) is 0 Å². The van der Waals surface area contributed by atoms with Crippen LogP contribution in [0.5, 0.6) is 0 Å². The van der Waals surface area contributed by atoms with Gasteiger partial charge in [-0.3, -0.25) is 4.79 Å². The average molecular weight is 261 g/mol. The lowest BCUT2D eigenvalue weighted by atomic mass is 10.2. The minimum atomic E-state index is 0.223. The zero-order valence-electron chi connectivity index (χ0n) is 12.1. The zero-order valence-corrected chi connectivity index (χ0v) is 12.1. The lowest BCUT2D eigenvalue weighted by molar-refractivity contribution is -0.131. The minimum absolute atomic E-state index is 0.223. The molecule has 2 rings (SSSR count). The summed E-state index contributed by atoms with van der Waals surface area (Å²) >= 11 is 0. The molecule has 0 saturated carbocycles. The van der Waals surface area contributed by atoms with Crippen molar-refractivity contribution in [2.45, 2.75) is 33.7 Å². The number of pyridine rings is 1. The van der Waals surface area contributed by atoms with Crippen molar-refractivity contribution in [3.63, 3.8) is 0 Å². The van der Waals surface area contributed by atoms with Crippen LogP contribution in [0.25, 0.3) is 0 Å². The second-order valence-electron chi connectivity index (χ2n) is 5.49. The number of fused-ring (bicyclic) bond motifs is 1.